The highest BCUT2D eigenvalue weighted by Crippen LogP contribution is 2.10. The predicted molar refractivity (Wildman–Crippen MR) is 105 cm³/mol. The van der Waals surface area contributed by atoms with Crippen molar-refractivity contribution in [3.05, 3.63) is 36.2 Å². The first-order chi connectivity index (χ1) is 11.9. The second-order valence-electron chi connectivity index (χ2n) is 6.90. The van der Waals surface area contributed by atoms with Crippen LogP contribution >= 0.6 is 0 Å². The Hall–Kier alpha value is -1.18. The molecule has 0 fully saturated rings. The first-order valence-corrected chi connectivity index (χ1v) is 10.3. The van der Waals surface area contributed by atoms with E-state index in [0.717, 1.165) is 12.1 Å². The summed E-state index contributed by atoms with van der Waals surface area (Å²) in [6.07, 6.45) is 26.7. The highest BCUT2D eigenvalue weighted by atomic mass is 15.1. The van der Waals surface area contributed by atoms with E-state index in [4.69, 9.17) is 0 Å². The lowest BCUT2D eigenvalue weighted by atomic mass is 10.1. The zero-order chi connectivity index (χ0) is 17.1. The van der Waals surface area contributed by atoms with E-state index in [1.807, 2.05) is 6.07 Å². The van der Waals surface area contributed by atoms with Gasteiger partial charge in [0.2, 0.25) is 0 Å². The minimum atomic E-state index is 1.08. The van der Waals surface area contributed by atoms with E-state index >= 15 is 0 Å². The maximum absolute atomic E-state index is 4.13. The molecule has 2 heteroatoms. The summed E-state index contributed by atoms with van der Waals surface area (Å²) in [5.41, 5.74) is 1.13. The molecule has 136 valence electrons. The summed E-state index contributed by atoms with van der Waals surface area (Å²) in [6.45, 7) is 2.28. The van der Waals surface area contributed by atoms with Gasteiger partial charge in [-0.25, -0.2) is 0 Å². The van der Waals surface area contributed by atoms with Crippen molar-refractivity contribution in [1.29, 1.82) is 0 Å². The van der Waals surface area contributed by atoms with Crippen molar-refractivity contribution in [3.63, 3.8) is 0 Å². The van der Waals surface area contributed by atoms with Crippen LogP contribution in [0.4, 0.5) is 0 Å². The third kappa shape index (κ3) is 13.3. The maximum Gasteiger partial charge on any atom is 0.0631 e. The lowest BCUT2D eigenvalue weighted by Crippen LogP contribution is -1.91. The van der Waals surface area contributed by atoms with Crippen LogP contribution in [0.25, 0.3) is 0 Å². The molecular formula is C22H38N2. The Kier molecular flexibility index (Phi) is 14.5. The van der Waals surface area contributed by atoms with Gasteiger partial charge in [0.1, 0.15) is 0 Å². The fourth-order valence-electron chi connectivity index (χ4n) is 3.02. The summed E-state index contributed by atoms with van der Waals surface area (Å²) < 4.78 is 0. The second kappa shape index (κ2) is 16.7. The summed E-state index contributed by atoms with van der Waals surface area (Å²) in [6, 6.07) is 4.05. The van der Waals surface area contributed by atoms with Gasteiger partial charge in [-0.1, -0.05) is 76.9 Å². The highest BCUT2D eigenvalue weighted by molar-refractivity contribution is 4.98. The molecule has 24 heavy (non-hydrogen) atoms. The number of unbranched alkanes of at least 4 members (excludes halogenated alkanes) is 12. The van der Waals surface area contributed by atoms with Crippen LogP contribution in [0, 0.1) is 0 Å². The van der Waals surface area contributed by atoms with Crippen LogP contribution in [0.15, 0.2) is 30.5 Å². The fraction of sp³-hybridized carbons (Fsp3) is 0.727. The molecule has 0 spiro atoms. The van der Waals surface area contributed by atoms with Crippen LogP contribution in [0.2, 0.25) is 0 Å². The molecule has 0 aliphatic carbocycles. The predicted octanol–water partition coefficient (Wildman–Crippen LogP) is 7.06. The van der Waals surface area contributed by atoms with Gasteiger partial charge >= 0.3 is 0 Å². The molecule has 0 aliphatic rings. The normalized spacial score (nSPS) is 11.4. The first kappa shape index (κ1) is 20.9. The third-order valence-corrected chi connectivity index (χ3v) is 4.57. The Balaban J connectivity index is 1.76. The number of hydrogen-bond acceptors (Lipinski definition) is 2. The molecular weight excluding hydrogens is 292 g/mol. The minimum Gasteiger partial charge on any atom is -0.159 e. The summed E-state index contributed by atoms with van der Waals surface area (Å²) in [5.74, 6) is 0. The highest BCUT2D eigenvalue weighted by Gasteiger charge is 1.95. The van der Waals surface area contributed by atoms with E-state index in [1.54, 1.807) is 6.20 Å². The quantitative estimate of drug-likeness (QED) is 0.239. The maximum atomic E-state index is 4.13. The Morgan fingerprint density at radius 3 is 1.92 bits per heavy atom. The van der Waals surface area contributed by atoms with E-state index in [0.29, 0.717) is 0 Å². The van der Waals surface area contributed by atoms with Crippen molar-refractivity contribution in [3.8, 4) is 0 Å². The molecule has 0 saturated heterocycles. The summed E-state index contributed by atoms with van der Waals surface area (Å²) in [7, 11) is 0. The van der Waals surface area contributed by atoms with Gasteiger partial charge < -0.3 is 0 Å². The van der Waals surface area contributed by atoms with Gasteiger partial charge in [-0.3, -0.25) is 0 Å². The molecule has 0 N–H and O–H groups in total. The van der Waals surface area contributed by atoms with Crippen molar-refractivity contribution < 1.29 is 0 Å². The van der Waals surface area contributed by atoms with Crippen molar-refractivity contribution in [1.82, 2.24) is 10.2 Å². The molecule has 0 atom stereocenters. The van der Waals surface area contributed by atoms with Crippen LogP contribution in [0.5, 0.6) is 0 Å². The van der Waals surface area contributed by atoms with Crippen LogP contribution in [0.3, 0.4) is 0 Å². The first-order valence-electron chi connectivity index (χ1n) is 10.3. The Morgan fingerprint density at radius 1 is 0.750 bits per heavy atom. The fourth-order valence-corrected chi connectivity index (χ4v) is 3.02. The van der Waals surface area contributed by atoms with Gasteiger partial charge in [0, 0.05) is 6.20 Å². The molecule has 1 heterocycles. The Bertz CT molecular complexity index is 386. The topological polar surface area (TPSA) is 25.8 Å². The number of aromatic nitrogens is 2. The van der Waals surface area contributed by atoms with Gasteiger partial charge in [0.25, 0.3) is 0 Å². The van der Waals surface area contributed by atoms with Crippen molar-refractivity contribution in [2.45, 2.75) is 103 Å². The zero-order valence-electron chi connectivity index (χ0n) is 15.9. The molecule has 0 amide bonds. The second-order valence-corrected chi connectivity index (χ2v) is 6.90. The molecule has 0 aromatic carbocycles. The third-order valence-electron chi connectivity index (χ3n) is 4.57. The van der Waals surface area contributed by atoms with E-state index in [-0.39, 0.29) is 0 Å². The van der Waals surface area contributed by atoms with Crippen LogP contribution < -0.4 is 0 Å². The lowest BCUT2D eigenvalue weighted by molar-refractivity contribution is 0.592. The SMILES string of the molecule is CCCCCCCC/C=C\CCCCCCCCc1cccnn1. The Morgan fingerprint density at radius 2 is 1.33 bits per heavy atom. The van der Waals surface area contributed by atoms with Gasteiger partial charge in [-0.2, -0.15) is 10.2 Å². The number of aryl methyl sites for hydroxylation is 1. The summed E-state index contributed by atoms with van der Waals surface area (Å²) >= 11 is 0. The molecule has 0 saturated carbocycles. The Labute approximate surface area is 150 Å². The standard InChI is InChI=1S/C22H38N2/c1-2-3-4-5-6-7-8-9-10-11-12-13-14-15-16-17-19-22-20-18-21-23-24-22/h9-10,18,20-21H,2-8,11-17,19H2,1H3/b10-9-. The van der Waals surface area contributed by atoms with Gasteiger partial charge in [0.05, 0.1) is 5.69 Å². The molecule has 0 aliphatic heterocycles. The van der Waals surface area contributed by atoms with Crippen LogP contribution in [-0.2, 0) is 6.42 Å². The largest absolute Gasteiger partial charge is 0.159 e. The van der Waals surface area contributed by atoms with Gasteiger partial charge in [-0.15, -0.1) is 0 Å². The average Bonchev–Trinajstić information content (AvgIpc) is 2.62. The number of rotatable bonds is 16. The molecule has 1 aromatic heterocycles. The molecule has 0 radical (unpaired) electrons. The molecule has 0 bridgehead atoms. The number of hydrogen-bond donors (Lipinski definition) is 0. The number of nitrogens with zero attached hydrogens (tertiary/aromatic N) is 2. The van der Waals surface area contributed by atoms with E-state index in [2.05, 4.69) is 35.3 Å². The van der Waals surface area contributed by atoms with E-state index in [9.17, 15) is 0 Å². The number of allylic oxidation sites excluding steroid dienone is 2. The lowest BCUT2D eigenvalue weighted by Gasteiger charge is -2.01. The zero-order valence-corrected chi connectivity index (χ0v) is 15.9. The van der Waals surface area contributed by atoms with Crippen molar-refractivity contribution in [2.75, 3.05) is 0 Å². The van der Waals surface area contributed by atoms with Crippen molar-refractivity contribution in [2.24, 2.45) is 0 Å². The van der Waals surface area contributed by atoms with Gasteiger partial charge in [-0.05, 0) is 50.7 Å². The summed E-state index contributed by atoms with van der Waals surface area (Å²) in [4.78, 5) is 0. The van der Waals surface area contributed by atoms with Crippen LogP contribution in [0.1, 0.15) is 103 Å². The molecule has 1 aromatic rings. The minimum absolute atomic E-state index is 1.08. The van der Waals surface area contributed by atoms with Crippen LogP contribution in [-0.4, -0.2) is 10.2 Å². The van der Waals surface area contributed by atoms with Crippen molar-refractivity contribution >= 4 is 0 Å². The smallest absolute Gasteiger partial charge is 0.0631 e. The van der Waals surface area contributed by atoms with E-state index < -0.39 is 0 Å². The van der Waals surface area contributed by atoms with Gasteiger partial charge in [0.15, 0.2) is 0 Å². The monoisotopic (exact) mass is 330 g/mol. The molecule has 2 nitrogen and oxygen atoms in total. The average molecular weight is 331 g/mol. The molecule has 0 unspecified atom stereocenters. The molecule has 1 rings (SSSR count). The summed E-state index contributed by atoms with van der Waals surface area (Å²) in [5, 5.41) is 8.05. The van der Waals surface area contributed by atoms with E-state index in [1.165, 1.54) is 89.9 Å².